The molecule has 3 heteroatoms. The van der Waals surface area contributed by atoms with Gasteiger partial charge in [-0.1, -0.05) is 0 Å². The highest BCUT2D eigenvalue weighted by molar-refractivity contribution is 8.00. The largest absolute Gasteiger partial charge is 0.291 e. The van der Waals surface area contributed by atoms with Gasteiger partial charge in [-0.25, -0.2) is 0 Å². The molecule has 0 aromatic heterocycles. The molecule has 0 aliphatic carbocycles. The maximum atomic E-state index is 2.66. The molecule has 0 bridgehead atoms. The van der Waals surface area contributed by atoms with Crippen LogP contribution in [0.5, 0.6) is 0 Å². The molecule has 0 saturated carbocycles. The van der Waals surface area contributed by atoms with E-state index in [2.05, 4.69) is 28.4 Å². The molecule has 0 amide bonds. The van der Waals surface area contributed by atoms with Crippen LogP contribution >= 0.6 is 23.5 Å². The van der Waals surface area contributed by atoms with E-state index in [-0.39, 0.29) is 0 Å². The van der Waals surface area contributed by atoms with Crippen LogP contribution in [0.25, 0.3) is 0 Å². The Morgan fingerprint density at radius 3 is 2.00 bits per heavy atom. The minimum absolute atomic E-state index is 0.905. The third-order valence-corrected chi connectivity index (χ3v) is 5.88. The summed E-state index contributed by atoms with van der Waals surface area (Å²) in [5, 5.41) is 0.905. The molecule has 1 unspecified atom stereocenters. The first-order chi connectivity index (χ1) is 7.47. The Bertz CT molecular complexity index is 137. The van der Waals surface area contributed by atoms with Gasteiger partial charge in [-0.3, -0.25) is 4.90 Å². The smallest absolute Gasteiger partial charge is 0.0557 e. The van der Waals surface area contributed by atoms with Gasteiger partial charge in [0.1, 0.15) is 0 Å². The summed E-state index contributed by atoms with van der Waals surface area (Å²) in [6, 6.07) is 0. The zero-order valence-corrected chi connectivity index (χ0v) is 11.3. The summed E-state index contributed by atoms with van der Waals surface area (Å²) in [7, 11) is 0. The summed E-state index contributed by atoms with van der Waals surface area (Å²) in [4.78, 5) is 2.66. The van der Waals surface area contributed by atoms with Gasteiger partial charge in [0.2, 0.25) is 0 Å². The Morgan fingerprint density at radius 2 is 1.53 bits per heavy atom. The SMILES string of the molecule is C1CCSC1.C1CSC(N2CCCC2)C1. The summed E-state index contributed by atoms with van der Waals surface area (Å²) in [5.41, 5.74) is 0. The highest BCUT2D eigenvalue weighted by Gasteiger charge is 2.24. The molecule has 3 heterocycles. The predicted molar refractivity (Wildman–Crippen MR) is 72.8 cm³/mol. The number of nitrogens with zero attached hydrogens (tertiary/aromatic N) is 1. The van der Waals surface area contributed by atoms with E-state index < -0.39 is 0 Å². The van der Waals surface area contributed by atoms with Crippen molar-refractivity contribution in [3.63, 3.8) is 0 Å². The van der Waals surface area contributed by atoms with Gasteiger partial charge in [-0.05, 0) is 68.9 Å². The van der Waals surface area contributed by atoms with E-state index in [0.717, 1.165) is 5.37 Å². The van der Waals surface area contributed by atoms with Crippen LogP contribution in [0.3, 0.4) is 0 Å². The van der Waals surface area contributed by atoms with Crippen molar-refractivity contribution in [1.82, 2.24) is 4.90 Å². The van der Waals surface area contributed by atoms with Crippen molar-refractivity contribution in [2.75, 3.05) is 30.3 Å². The van der Waals surface area contributed by atoms with Crippen molar-refractivity contribution in [2.24, 2.45) is 0 Å². The van der Waals surface area contributed by atoms with Gasteiger partial charge in [-0.2, -0.15) is 11.8 Å². The van der Waals surface area contributed by atoms with Crippen LogP contribution < -0.4 is 0 Å². The quantitative estimate of drug-likeness (QED) is 0.696. The lowest BCUT2D eigenvalue weighted by Crippen LogP contribution is -2.27. The van der Waals surface area contributed by atoms with Crippen molar-refractivity contribution in [2.45, 2.75) is 43.9 Å². The molecule has 0 aromatic rings. The van der Waals surface area contributed by atoms with Gasteiger partial charge in [0.25, 0.3) is 0 Å². The molecule has 15 heavy (non-hydrogen) atoms. The lowest BCUT2D eigenvalue weighted by atomic mass is 10.3. The molecule has 1 atom stereocenters. The van der Waals surface area contributed by atoms with Crippen molar-refractivity contribution >= 4 is 23.5 Å². The monoisotopic (exact) mass is 245 g/mol. The van der Waals surface area contributed by atoms with Crippen LogP contribution in [0.4, 0.5) is 0 Å². The molecule has 88 valence electrons. The molecular weight excluding hydrogens is 222 g/mol. The van der Waals surface area contributed by atoms with Crippen LogP contribution in [-0.4, -0.2) is 40.6 Å². The molecule has 3 fully saturated rings. The molecule has 0 radical (unpaired) electrons. The summed E-state index contributed by atoms with van der Waals surface area (Å²) in [6.07, 6.45) is 8.71. The van der Waals surface area contributed by atoms with E-state index >= 15 is 0 Å². The number of hydrogen-bond donors (Lipinski definition) is 0. The Balaban J connectivity index is 0.000000144. The van der Waals surface area contributed by atoms with Gasteiger partial charge in [0, 0.05) is 0 Å². The van der Waals surface area contributed by atoms with E-state index in [1.807, 2.05) is 0 Å². The van der Waals surface area contributed by atoms with E-state index in [4.69, 9.17) is 0 Å². The third kappa shape index (κ3) is 4.20. The second-order valence-electron chi connectivity index (χ2n) is 4.53. The fourth-order valence-corrected chi connectivity index (χ4v) is 4.77. The average Bonchev–Trinajstić information content (AvgIpc) is 3.06. The maximum absolute atomic E-state index is 2.66. The van der Waals surface area contributed by atoms with Gasteiger partial charge < -0.3 is 0 Å². The Kier molecular flexibility index (Phi) is 5.72. The second-order valence-corrected chi connectivity index (χ2v) is 7.04. The van der Waals surface area contributed by atoms with Crippen LogP contribution in [0.1, 0.15) is 38.5 Å². The van der Waals surface area contributed by atoms with E-state index in [0.29, 0.717) is 0 Å². The van der Waals surface area contributed by atoms with Crippen LogP contribution in [-0.2, 0) is 0 Å². The number of hydrogen-bond acceptors (Lipinski definition) is 3. The molecule has 3 aliphatic heterocycles. The van der Waals surface area contributed by atoms with Crippen LogP contribution in [0.2, 0.25) is 0 Å². The van der Waals surface area contributed by atoms with Crippen LogP contribution in [0.15, 0.2) is 0 Å². The second kappa shape index (κ2) is 7.08. The normalized spacial score (nSPS) is 31.6. The highest BCUT2D eigenvalue weighted by atomic mass is 32.2. The number of rotatable bonds is 1. The molecule has 3 rings (SSSR count). The fourth-order valence-electron chi connectivity index (χ4n) is 2.39. The molecule has 3 saturated heterocycles. The summed E-state index contributed by atoms with van der Waals surface area (Å²) < 4.78 is 0. The number of thioether (sulfide) groups is 2. The first-order valence-electron chi connectivity index (χ1n) is 6.40. The Morgan fingerprint density at radius 1 is 0.800 bits per heavy atom. The van der Waals surface area contributed by atoms with Gasteiger partial charge in [-0.15, -0.1) is 11.8 Å². The zero-order chi connectivity index (χ0) is 10.3. The Hall–Kier alpha value is 0.660. The molecule has 0 aromatic carbocycles. The predicted octanol–water partition coefficient (Wildman–Crippen LogP) is 3.45. The minimum atomic E-state index is 0.905. The maximum Gasteiger partial charge on any atom is 0.0557 e. The molecule has 0 N–H and O–H groups in total. The first kappa shape index (κ1) is 12.1. The first-order valence-corrected chi connectivity index (χ1v) is 8.60. The summed E-state index contributed by atoms with van der Waals surface area (Å²) in [6.45, 7) is 2.75. The summed E-state index contributed by atoms with van der Waals surface area (Å²) in [5.74, 6) is 4.24. The average molecular weight is 245 g/mol. The molecule has 3 aliphatic rings. The van der Waals surface area contributed by atoms with Crippen LogP contribution in [0, 0.1) is 0 Å². The van der Waals surface area contributed by atoms with Gasteiger partial charge >= 0.3 is 0 Å². The molecule has 0 spiro atoms. The Labute approximate surface area is 103 Å². The molecular formula is C12H23NS2. The highest BCUT2D eigenvalue weighted by Crippen LogP contribution is 2.31. The van der Waals surface area contributed by atoms with Crippen molar-refractivity contribution < 1.29 is 0 Å². The van der Waals surface area contributed by atoms with Crippen molar-refractivity contribution in [3.8, 4) is 0 Å². The topological polar surface area (TPSA) is 3.24 Å². The minimum Gasteiger partial charge on any atom is -0.291 e. The molecule has 1 nitrogen and oxygen atoms in total. The van der Waals surface area contributed by atoms with Crippen molar-refractivity contribution in [3.05, 3.63) is 0 Å². The van der Waals surface area contributed by atoms with Gasteiger partial charge in [0.15, 0.2) is 0 Å². The summed E-state index contributed by atoms with van der Waals surface area (Å²) >= 11 is 4.24. The van der Waals surface area contributed by atoms with E-state index in [1.165, 1.54) is 68.9 Å². The third-order valence-electron chi connectivity index (χ3n) is 3.28. The number of likely N-dealkylation sites (tertiary alicyclic amines) is 1. The zero-order valence-electron chi connectivity index (χ0n) is 9.62. The van der Waals surface area contributed by atoms with E-state index in [1.54, 1.807) is 0 Å². The van der Waals surface area contributed by atoms with E-state index in [9.17, 15) is 0 Å². The lowest BCUT2D eigenvalue weighted by Gasteiger charge is -2.21. The van der Waals surface area contributed by atoms with Gasteiger partial charge in [0.05, 0.1) is 5.37 Å². The standard InChI is InChI=1S/C8H15NS.C4H8S/c1-2-6-9(5-1)8-4-3-7-10-8;1-2-4-5-3-1/h8H,1-7H2;1-4H2. The fraction of sp³-hybridized carbons (Fsp3) is 1.00. The van der Waals surface area contributed by atoms with Crippen molar-refractivity contribution in [1.29, 1.82) is 0 Å². The lowest BCUT2D eigenvalue weighted by molar-refractivity contribution is 0.312.